The summed E-state index contributed by atoms with van der Waals surface area (Å²) >= 11 is 0. The molecule has 54 heavy (non-hydrogen) atoms. The number of ether oxygens (including phenoxy) is 3. The lowest BCUT2D eigenvalue weighted by Crippen LogP contribution is -2.60. The second kappa shape index (κ2) is 15.2. The molecule has 5 rings (SSSR count). The van der Waals surface area contributed by atoms with Crippen LogP contribution in [0, 0.1) is 11.3 Å². The number of pyridine rings is 1. The number of aromatic nitrogens is 1. The Bertz CT molecular complexity index is 1870. The SMILES string of the molecule is CCCC[C@@H]1C[C@]1(NC(=O)C1C[C@@H](Oc2nccc3cc(OC)ccc23)CN1C(=O)[C@@H](NC(=O)OC(C)(C)C)C(C)(C)C)C(=O)NS(=O)(=O)OC1(C)CC1. The molecule has 0 bridgehead atoms. The van der Waals surface area contributed by atoms with Crippen molar-refractivity contribution in [2.75, 3.05) is 13.7 Å². The lowest BCUT2D eigenvalue weighted by molar-refractivity contribution is -0.143. The standard InChI is InChI=1S/C38H55N5O10S/c1-10-11-12-24-21-38(24,33(46)42-54(48,49)53-37(8)16-17-37)41-30(44)28-20-26(51-31-27-14-13-25(50-9)19-23(27)15-18-39-31)22-43(28)32(45)29(35(2,3)4)40-34(47)52-36(5,6)7/h13-15,18-19,24,26,28-29H,10-12,16-17,20-22H2,1-9H3,(H,40,47)(H,41,44)(H,42,46)/t24-,26-,28?,29-,38-/m1/s1. The molecular formula is C38H55N5O10S. The van der Waals surface area contributed by atoms with E-state index >= 15 is 0 Å². The number of amides is 4. The van der Waals surface area contributed by atoms with Gasteiger partial charge in [-0.15, -0.1) is 0 Å². The van der Waals surface area contributed by atoms with Gasteiger partial charge in [-0.25, -0.2) is 18.7 Å². The number of nitrogens with zero attached hydrogens (tertiary/aromatic N) is 2. The van der Waals surface area contributed by atoms with Gasteiger partial charge in [0.05, 0.1) is 19.3 Å². The molecule has 2 aromatic rings. The summed E-state index contributed by atoms with van der Waals surface area (Å²) < 4.78 is 50.3. The van der Waals surface area contributed by atoms with Crippen LogP contribution in [-0.2, 0) is 33.6 Å². The maximum Gasteiger partial charge on any atom is 0.408 e. The quantitative estimate of drug-likeness (QED) is 0.245. The van der Waals surface area contributed by atoms with Crippen molar-refractivity contribution in [2.24, 2.45) is 11.3 Å². The van der Waals surface area contributed by atoms with Crippen LogP contribution in [-0.4, -0.2) is 90.7 Å². The van der Waals surface area contributed by atoms with E-state index in [1.54, 1.807) is 67.8 Å². The Labute approximate surface area is 317 Å². The Morgan fingerprint density at radius 1 is 1.07 bits per heavy atom. The molecule has 2 heterocycles. The van der Waals surface area contributed by atoms with Crippen molar-refractivity contribution in [3.05, 3.63) is 30.5 Å². The smallest absolute Gasteiger partial charge is 0.408 e. The van der Waals surface area contributed by atoms with Gasteiger partial charge < -0.3 is 29.7 Å². The van der Waals surface area contributed by atoms with Crippen molar-refractivity contribution in [1.82, 2.24) is 25.2 Å². The molecule has 3 fully saturated rings. The lowest BCUT2D eigenvalue weighted by Gasteiger charge is -2.36. The van der Waals surface area contributed by atoms with Gasteiger partial charge in [0.25, 0.3) is 5.91 Å². The van der Waals surface area contributed by atoms with Gasteiger partial charge in [-0.05, 0) is 94.4 Å². The van der Waals surface area contributed by atoms with Crippen LogP contribution >= 0.6 is 0 Å². The molecule has 3 aliphatic rings. The van der Waals surface area contributed by atoms with Crippen molar-refractivity contribution in [2.45, 2.75) is 135 Å². The highest BCUT2D eigenvalue weighted by Gasteiger charge is 2.62. The van der Waals surface area contributed by atoms with Crippen molar-refractivity contribution in [3.8, 4) is 11.6 Å². The highest BCUT2D eigenvalue weighted by molar-refractivity contribution is 7.85. The molecular weight excluding hydrogens is 719 g/mol. The highest BCUT2D eigenvalue weighted by atomic mass is 32.2. The number of rotatable bonds is 14. The van der Waals surface area contributed by atoms with E-state index < -0.39 is 74.5 Å². The first kappa shape index (κ1) is 41.0. The molecule has 1 aliphatic heterocycles. The lowest BCUT2D eigenvalue weighted by atomic mass is 9.85. The van der Waals surface area contributed by atoms with Crippen molar-refractivity contribution >= 4 is 44.9 Å². The summed E-state index contributed by atoms with van der Waals surface area (Å²) in [7, 11) is -2.89. The Morgan fingerprint density at radius 3 is 2.39 bits per heavy atom. The Kier molecular flexibility index (Phi) is 11.5. The number of alkyl carbamates (subject to hydrolysis) is 1. The number of hydrogen-bond donors (Lipinski definition) is 3. The van der Waals surface area contributed by atoms with E-state index in [2.05, 4.69) is 15.6 Å². The molecule has 298 valence electrons. The van der Waals surface area contributed by atoms with Crippen LogP contribution in [0.15, 0.2) is 30.5 Å². The molecule has 0 spiro atoms. The molecule has 0 radical (unpaired) electrons. The number of fused-ring (bicyclic) bond motifs is 1. The van der Waals surface area contributed by atoms with Crippen molar-refractivity contribution < 1.29 is 46.0 Å². The van der Waals surface area contributed by atoms with E-state index in [4.69, 9.17) is 18.4 Å². The number of unbranched alkanes of at least 4 members (excludes halogenated alkanes) is 1. The van der Waals surface area contributed by atoms with E-state index in [1.807, 2.05) is 29.8 Å². The second-order valence-electron chi connectivity index (χ2n) is 17.1. The molecule has 1 aromatic carbocycles. The van der Waals surface area contributed by atoms with Crippen LogP contribution < -0.4 is 24.8 Å². The van der Waals surface area contributed by atoms with Gasteiger partial charge in [0.2, 0.25) is 17.7 Å². The molecule has 16 heteroatoms. The first-order chi connectivity index (χ1) is 25.1. The van der Waals surface area contributed by atoms with Crippen LogP contribution in [0.4, 0.5) is 4.79 Å². The maximum atomic E-state index is 14.6. The third kappa shape index (κ3) is 9.73. The summed E-state index contributed by atoms with van der Waals surface area (Å²) in [5, 5.41) is 7.08. The fraction of sp³-hybridized carbons (Fsp3) is 0.658. The van der Waals surface area contributed by atoms with Crippen LogP contribution in [0.5, 0.6) is 11.6 Å². The van der Waals surface area contributed by atoms with Crippen LogP contribution in [0.3, 0.4) is 0 Å². The summed E-state index contributed by atoms with van der Waals surface area (Å²) in [5.74, 6) is -1.49. The maximum absolute atomic E-state index is 14.6. The summed E-state index contributed by atoms with van der Waals surface area (Å²) in [6, 6.07) is 4.97. The first-order valence-corrected chi connectivity index (χ1v) is 20.0. The highest BCUT2D eigenvalue weighted by Crippen LogP contribution is 2.48. The largest absolute Gasteiger partial charge is 0.497 e. The van der Waals surface area contributed by atoms with Crippen LogP contribution in [0.2, 0.25) is 0 Å². The fourth-order valence-corrected chi connectivity index (χ4v) is 7.94. The van der Waals surface area contributed by atoms with Crippen molar-refractivity contribution in [1.29, 1.82) is 0 Å². The van der Waals surface area contributed by atoms with Gasteiger partial charge in [0, 0.05) is 18.0 Å². The number of likely N-dealkylation sites (tertiary alicyclic amines) is 1. The third-order valence-electron chi connectivity index (χ3n) is 10.1. The molecule has 5 atom stereocenters. The summed E-state index contributed by atoms with van der Waals surface area (Å²) in [5.41, 5.74) is -4.05. The van der Waals surface area contributed by atoms with Gasteiger partial charge in [0.1, 0.15) is 35.1 Å². The number of benzene rings is 1. The number of carbonyl (C=O) groups is 4. The monoisotopic (exact) mass is 773 g/mol. The number of methoxy groups -OCH3 is 1. The summed E-state index contributed by atoms with van der Waals surface area (Å²) in [6.07, 6.45) is 3.55. The predicted octanol–water partition coefficient (Wildman–Crippen LogP) is 4.53. The molecule has 3 N–H and O–H groups in total. The van der Waals surface area contributed by atoms with Gasteiger partial charge in [0.15, 0.2) is 0 Å². The zero-order chi connectivity index (χ0) is 39.9. The molecule has 15 nitrogen and oxygen atoms in total. The fourth-order valence-electron chi connectivity index (χ4n) is 6.79. The topological polar surface area (TPSA) is 192 Å². The Morgan fingerprint density at radius 2 is 1.78 bits per heavy atom. The van der Waals surface area contributed by atoms with Gasteiger partial charge in [-0.2, -0.15) is 8.42 Å². The average Bonchev–Trinajstić information content (AvgIpc) is 3.92. The van der Waals surface area contributed by atoms with Gasteiger partial charge >= 0.3 is 16.4 Å². The molecule has 4 amide bonds. The average molecular weight is 774 g/mol. The zero-order valence-corrected chi connectivity index (χ0v) is 33.6. The van der Waals surface area contributed by atoms with Crippen LogP contribution in [0.25, 0.3) is 10.8 Å². The molecule has 1 aromatic heterocycles. The van der Waals surface area contributed by atoms with Gasteiger partial charge in [-0.3, -0.25) is 14.4 Å². The summed E-state index contributed by atoms with van der Waals surface area (Å²) in [6.45, 7) is 14.1. The Hall–Kier alpha value is -4.18. The van der Waals surface area contributed by atoms with E-state index in [0.717, 1.165) is 18.2 Å². The zero-order valence-electron chi connectivity index (χ0n) is 32.7. The second-order valence-corrected chi connectivity index (χ2v) is 18.3. The number of nitrogens with one attached hydrogen (secondary N) is 3. The number of carbonyl (C=O) groups excluding carboxylic acids is 4. The Balaban J connectivity index is 1.45. The minimum Gasteiger partial charge on any atom is -0.497 e. The third-order valence-corrected chi connectivity index (χ3v) is 11.1. The van der Waals surface area contributed by atoms with Gasteiger partial charge in [-0.1, -0.05) is 40.5 Å². The van der Waals surface area contributed by atoms with E-state index in [9.17, 15) is 27.6 Å². The minimum atomic E-state index is -4.46. The number of hydrogen-bond acceptors (Lipinski definition) is 11. The van der Waals surface area contributed by atoms with Crippen molar-refractivity contribution in [3.63, 3.8) is 0 Å². The van der Waals surface area contributed by atoms with E-state index in [0.29, 0.717) is 36.3 Å². The van der Waals surface area contributed by atoms with E-state index in [1.165, 1.54) is 4.90 Å². The molecule has 1 unspecified atom stereocenters. The molecule has 2 saturated carbocycles. The normalized spacial score (nSPS) is 23.9. The van der Waals surface area contributed by atoms with Crippen LogP contribution in [0.1, 0.15) is 100 Å². The predicted molar refractivity (Wildman–Crippen MR) is 200 cm³/mol. The molecule has 1 saturated heterocycles. The van der Waals surface area contributed by atoms with E-state index in [-0.39, 0.29) is 25.3 Å². The summed E-state index contributed by atoms with van der Waals surface area (Å²) in [4.78, 5) is 61.6. The minimum absolute atomic E-state index is 0.0200. The first-order valence-electron chi connectivity index (χ1n) is 18.6. The molecule has 2 aliphatic carbocycles.